The van der Waals surface area contributed by atoms with Crippen molar-refractivity contribution in [2.75, 3.05) is 38.2 Å². The monoisotopic (exact) mass is 249 g/mol. The molecule has 1 fully saturated rings. The molecule has 1 aromatic rings. The Balaban J connectivity index is 1.96. The van der Waals surface area contributed by atoms with E-state index in [4.69, 9.17) is 4.74 Å². The number of hydrogen-bond acceptors (Lipinski definition) is 3. The number of rotatable bonds is 3. The van der Waals surface area contributed by atoms with E-state index >= 15 is 0 Å². The molecule has 1 heterocycles. The van der Waals surface area contributed by atoms with Crippen LogP contribution in [0.2, 0.25) is 0 Å². The van der Waals surface area contributed by atoms with Crippen molar-refractivity contribution in [3.8, 4) is 0 Å². The normalized spacial score (nSPS) is 16.3. The second kappa shape index (κ2) is 6.37. The van der Waals surface area contributed by atoms with Crippen molar-refractivity contribution in [1.29, 1.82) is 0 Å². The SMILES string of the molecule is CCN(C(=O)Nc1ccccc1)N1CCOCC1. The summed E-state index contributed by atoms with van der Waals surface area (Å²) < 4.78 is 5.29. The van der Waals surface area contributed by atoms with Gasteiger partial charge in [-0.15, -0.1) is 0 Å². The van der Waals surface area contributed by atoms with Crippen molar-refractivity contribution >= 4 is 11.7 Å². The lowest BCUT2D eigenvalue weighted by Crippen LogP contribution is -2.52. The first-order chi connectivity index (χ1) is 8.81. The van der Waals surface area contributed by atoms with Gasteiger partial charge in [0.1, 0.15) is 0 Å². The van der Waals surface area contributed by atoms with E-state index < -0.39 is 0 Å². The first kappa shape index (κ1) is 12.9. The van der Waals surface area contributed by atoms with Crippen LogP contribution in [0.4, 0.5) is 10.5 Å². The fourth-order valence-electron chi connectivity index (χ4n) is 1.98. The number of carbonyl (C=O) groups excluding carboxylic acids is 1. The largest absolute Gasteiger partial charge is 0.379 e. The Labute approximate surface area is 107 Å². The summed E-state index contributed by atoms with van der Waals surface area (Å²) in [6.07, 6.45) is 0. The average Bonchev–Trinajstić information content (AvgIpc) is 2.42. The van der Waals surface area contributed by atoms with Crippen LogP contribution in [-0.4, -0.2) is 48.9 Å². The number of hydrogen-bond donors (Lipinski definition) is 1. The van der Waals surface area contributed by atoms with Gasteiger partial charge in [-0.1, -0.05) is 18.2 Å². The van der Waals surface area contributed by atoms with Gasteiger partial charge in [0.15, 0.2) is 0 Å². The topological polar surface area (TPSA) is 44.8 Å². The predicted molar refractivity (Wildman–Crippen MR) is 70.2 cm³/mol. The third-order valence-corrected chi connectivity index (χ3v) is 2.89. The standard InChI is InChI=1S/C13H19N3O2/c1-2-16(15-8-10-18-11-9-15)13(17)14-12-6-4-3-5-7-12/h3-7H,2,8-11H2,1H3,(H,14,17). The minimum absolute atomic E-state index is 0.0920. The van der Waals surface area contributed by atoms with Gasteiger partial charge in [0, 0.05) is 25.3 Å². The molecule has 0 bridgehead atoms. The van der Waals surface area contributed by atoms with Crippen molar-refractivity contribution in [3.05, 3.63) is 30.3 Å². The molecule has 1 aliphatic heterocycles. The van der Waals surface area contributed by atoms with E-state index in [1.165, 1.54) is 0 Å². The van der Waals surface area contributed by atoms with Gasteiger partial charge in [0.2, 0.25) is 0 Å². The van der Waals surface area contributed by atoms with Crippen LogP contribution >= 0.6 is 0 Å². The summed E-state index contributed by atoms with van der Waals surface area (Å²) in [6.45, 7) is 5.50. The van der Waals surface area contributed by atoms with Crippen molar-refractivity contribution in [3.63, 3.8) is 0 Å². The number of hydrazine groups is 1. The number of urea groups is 1. The van der Waals surface area contributed by atoms with Crippen molar-refractivity contribution in [1.82, 2.24) is 10.0 Å². The van der Waals surface area contributed by atoms with Crippen LogP contribution in [-0.2, 0) is 4.74 Å². The highest BCUT2D eigenvalue weighted by Gasteiger charge is 2.21. The van der Waals surface area contributed by atoms with Crippen LogP contribution in [0.15, 0.2) is 30.3 Å². The third kappa shape index (κ3) is 3.21. The van der Waals surface area contributed by atoms with Gasteiger partial charge < -0.3 is 10.1 Å². The van der Waals surface area contributed by atoms with Crippen LogP contribution in [0.1, 0.15) is 6.92 Å². The maximum absolute atomic E-state index is 12.2. The Bertz CT molecular complexity index is 377. The zero-order chi connectivity index (χ0) is 12.8. The Morgan fingerprint density at radius 3 is 2.61 bits per heavy atom. The molecular formula is C13H19N3O2. The van der Waals surface area contributed by atoms with Crippen LogP contribution in [0.25, 0.3) is 0 Å². The highest BCUT2D eigenvalue weighted by Crippen LogP contribution is 2.09. The molecule has 1 saturated heterocycles. The van der Waals surface area contributed by atoms with E-state index in [1.807, 2.05) is 42.3 Å². The molecule has 1 N–H and O–H groups in total. The molecule has 1 aromatic carbocycles. The third-order valence-electron chi connectivity index (χ3n) is 2.89. The molecule has 2 rings (SSSR count). The molecule has 18 heavy (non-hydrogen) atoms. The molecule has 5 heteroatoms. The van der Waals surface area contributed by atoms with E-state index in [1.54, 1.807) is 5.01 Å². The molecular weight excluding hydrogens is 230 g/mol. The van der Waals surface area contributed by atoms with Crippen molar-refractivity contribution in [2.45, 2.75) is 6.92 Å². The average molecular weight is 249 g/mol. The molecule has 2 amide bonds. The fourth-order valence-corrected chi connectivity index (χ4v) is 1.98. The van der Waals surface area contributed by atoms with Gasteiger partial charge in [-0.25, -0.2) is 9.80 Å². The molecule has 0 radical (unpaired) electrons. The Hall–Kier alpha value is -1.59. The predicted octanol–water partition coefficient (Wildman–Crippen LogP) is 1.79. The highest BCUT2D eigenvalue weighted by molar-refractivity contribution is 5.88. The van der Waals surface area contributed by atoms with Gasteiger partial charge in [-0.3, -0.25) is 5.01 Å². The summed E-state index contributed by atoms with van der Waals surface area (Å²) in [4.78, 5) is 12.2. The zero-order valence-electron chi connectivity index (χ0n) is 10.6. The number of nitrogens with one attached hydrogen (secondary N) is 1. The lowest BCUT2D eigenvalue weighted by molar-refractivity contribution is -0.0576. The van der Waals surface area contributed by atoms with Crippen molar-refractivity contribution in [2.24, 2.45) is 0 Å². The molecule has 0 saturated carbocycles. The number of carbonyl (C=O) groups is 1. The zero-order valence-corrected chi connectivity index (χ0v) is 10.6. The van der Waals surface area contributed by atoms with Gasteiger partial charge >= 0.3 is 6.03 Å². The van der Waals surface area contributed by atoms with E-state index in [0.29, 0.717) is 19.8 Å². The van der Waals surface area contributed by atoms with E-state index in [9.17, 15) is 4.79 Å². The smallest absolute Gasteiger partial charge is 0.336 e. The first-order valence-corrected chi connectivity index (χ1v) is 6.27. The summed E-state index contributed by atoms with van der Waals surface area (Å²) in [5.74, 6) is 0. The van der Waals surface area contributed by atoms with Crippen molar-refractivity contribution < 1.29 is 9.53 Å². The summed E-state index contributed by atoms with van der Waals surface area (Å²) in [5, 5.41) is 6.66. The number of ether oxygens (including phenoxy) is 1. The second-order valence-corrected chi connectivity index (χ2v) is 4.08. The van der Waals surface area contributed by atoms with Crippen LogP contribution in [0, 0.1) is 0 Å². The second-order valence-electron chi connectivity index (χ2n) is 4.08. The number of amides is 2. The maximum Gasteiger partial charge on any atom is 0.336 e. The minimum Gasteiger partial charge on any atom is -0.379 e. The highest BCUT2D eigenvalue weighted by atomic mass is 16.5. The van der Waals surface area contributed by atoms with Crippen LogP contribution in [0.3, 0.4) is 0 Å². The molecule has 0 aliphatic carbocycles. The van der Waals surface area contributed by atoms with E-state index in [-0.39, 0.29) is 6.03 Å². The molecule has 98 valence electrons. The van der Waals surface area contributed by atoms with Gasteiger partial charge in [0.25, 0.3) is 0 Å². The summed E-state index contributed by atoms with van der Waals surface area (Å²) in [7, 11) is 0. The quantitative estimate of drug-likeness (QED) is 0.888. The minimum atomic E-state index is -0.0920. The Morgan fingerprint density at radius 2 is 2.00 bits per heavy atom. The lowest BCUT2D eigenvalue weighted by atomic mass is 10.3. The lowest BCUT2D eigenvalue weighted by Gasteiger charge is -2.36. The molecule has 0 spiro atoms. The Kier molecular flexibility index (Phi) is 4.55. The number of para-hydroxylation sites is 1. The molecule has 0 unspecified atom stereocenters. The number of nitrogens with zero attached hydrogens (tertiary/aromatic N) is 2. The molecule has 1 aliphatic rings. The molecule has 5 nitrogen and oxygen atoms in total. The molecule has 0 atom stereocenters. The van der Waals surface area contributed by atoms with Gasteiger partial charge in [-0.05, 0) is 19.1 Å². The first-order valence-electron chi connectivity index (χ1n) is 6.27. The Morgan fingerprint density at radius 1 is 1.33 bits per heavy atom. The summed E-state index contributed by atoms with van der Waals surface area (Å²) >= 11 is 0. The number of benzene rings is 1. The fraction of sp³-hybridized carbons (Fsp3) is 0.462. The van der Waals surface area contributed by atoms with Crippen LogP contribution in [0.5, 0.6) is 0 Å². The number of anilines is 1. The van der Waals surface area contributed by atoms with Crippen LogP contribution < -0.4 is 5.32 Å². The van der Waals surface area contributed by atoms with E-state index in [2.05, 4.69) is 5.32 Å². The maximum atomic E-state index is 12.2. The van der Waals surface area contributed by atoms with Gasteiger partial charge in [0.05, 0.1) is 13.2 Å². The summed E-state index contributed by atoms with van der Waals surface area (Å²) in [6, 6.07) is 9.40. The summed E-state index contributed by atoms with van der Waals surface area (Å²) in [5.41, 5.74) is 0.814. The van der Waals surface area contributed by atoms with Gasteiger partial charge in [-0.2, -0.15) is 0 Å². The number of morpholine rings is 1. The molecule has 0 aromatic heterocycles. The van der Waals surface area contributed by atoms with E-state index in [0.717, 1.165) is 18.8 Å².